The summed E-state index contributed by atoms with van der Waals surface area (Å²) >= 11 is 0. The third kappa shape index (κ3) is 3.50. The lowest BCUT2D eigenvalue weighted by atomic mass is 10.1. The third-order valence-electron chi connectivity index (χ3n) is 5.41. The molecule has 1 atom stereocenters. The van der Waals surface area contributed by atoms with Crippen molar-refractivity contribution in [3.05, 3.63) is 59.7 Å². The van der Waals surface area contributed by atoms with Gasteiger partial charge in [-0.05, 0) is 42.2 Å². The van der Waals surface area contributed by atoms with Gasteiger partial charge in [-0.25, -0.2) is 0 Å². The Bertz CT molecular complexity index is 926. The maximum absolute atomic E-state index is 12.7. The summed E-state index contributed by atoms with van der Waals surface area (Å²) in [4.78, 5) is 39.8. The first-order valence-electron chi connectivity index (χ1n) is 9.58. The molecule has 4 rings (SSSR count). The zero-order chi connectivity index (χ0) is 19.7. The number of fused-ring (bicyclic) bond motifs is 1. The molecular formula is C22H23N3O3. The average Bonchev–Trinajstić information content (AvgIpc) is 3.22. The summed E-state index contributed by atoms with van der Waals surface area (Å²) < 4.78 is 0. The summed E-state index contributed by atoms with van der Waals surface area (Å²) in [6.07, 6.45) is 1.63. The molecular weight excluding hydrogens is 354 g/mol. The highest BCUT2D eigenvalue weighted by Gasteiger charge is 2.38. The minimum Gasteiger partial charge on any atom is -0.373 e. The number of anilines is 2. The number of nitrogens with one attached hydrogen (secondary N) is 1. The molecule has 0 spiro atoms. The Hall–Kier alpha value is -3.15. The van der Waals surface area contributed by atoms with Gasteiger partial charge < -0.3 is 10.2 Å². The van der Waals surface area contributed by atoms with Crippen LogP contribution in [0, 0.1) is 0 Å². The number of rotatable bonds is 5. The van der Waals surface area contributed by atoms with E-state index in [1.165, 1.54) is 4.90 Å². The van der Waals surface area contributed by atoms with Crippen molar-refractivity contribution in [2.24, 2.45) is 0 Å². The van der Waals surface area contributed by atoms with Crippen LogP contribution in [0.2, 0.25) is 0 Å². The smallest absolute Gasteiger partial charge is 0.252 e. The first-order chi connectivity index (χ1) is 13.5. The fraction of sp³-hybridized carbons (Fsp3) is 0.318. The number of carbonyl (C=O) groups excluding carboxylic acids is 3. The molecule has 2 aliphatic rings. The summed E-state index contributed by atoms with van der Waals surface area (Å²) in [5, 5.41) is 3.21. The van der Waals surface area contributed by atoms with Crippen LogP contribution in [0.4, 0.5) is 11.4 Å². The third-order valence-corrected chi connectivity index (χ3v) is 5.41. The van der Waals surface area contributed by atoms with E-state index in [2.05, 4.69) is 5.32 Å². The second-order valence-electron chi connectivity index (χ2n) is 7.28. The van der Waals surface area contributed by atoms with E-state index >= 15 is 0 Å². The Kier molecular flexibility index (Phi) is 4.86. The van der Waals surface area contributed by atoms with Crippen LogP contribution >= 0.6 is 0 Å². The minimum atomic E-state index is -0.536. The van der Waals surface area contributed by atoms with Crippen LogP contribution in [0.3, 0.4) is 0 Å². The molecule has 144 valence electrons. The number of hydrogen-bond donors (Lipinski definition) is 1. The summed E-state index contributed by atoms with van der Waals surface area (Å²) in [5.41, 5.74) is 3.92. The van der Waals surface area contributed by atoms with Gasteiger partial charge in [0, 0.05) is 31.4 Å². The van der Waals surface area contributed by atoms with E-state index in [-0.39, 0.29) is 24.1 Å². The lowest BCUT2D eigenvalue weighted by Crippen LogP contribution is -2.36. The first kappa shape index (κ1) is 18.2. The summed E-state index contributed by atoms with van der Waals surface area (Å²) in [5.74, 6) is -0.278. The highest BCUT2D eigenvalue weighted by Crippen LogP contribution is 2.31. The molecule has 28 heavy (non-hydrogen) atoms. The highest BCUT2D eigenvalue weighted by atomic mass is 16.2. The van der Waals surface area contributed by atoms with E-state index in [9.17, 15) is 14.4 Å². The van der Waals surface area contributed by atoms with Crippen molar-refractivity contribution < 1.29 is 14.4 Å². The van der Waals surface area contributed by atoms with E-state index < -0.39 is 6.04 Å². The average molecular weight is 377 g/mol. The largest absolute Gasteiger partial charge is 0.373 e. The van der Waals surface area contributed by atoms with E-state index in [1.54, 1.807) is 11.8 Å². The van der Waals surface area contributed by atoms with Gasteiger partial charge in [-0.2, -0.15) is 0 Å². The Morgan fingerprint density at radius 2 is 1.93 bits per heavy atom. The van der Waals surface area contributed by atoms with Crippen molar-refractivity contribution in [3.8, 4) is 0 Å². The molecule has 0 saturated carbocycles. The van der Waals surface area contributed by atoms with E-state index in [4.69, 9.17) is 0 Å². The van der Waals surface area contributed by atoms with Crippen molar-refractivity contribution in [1.82, 2.24) is 4.90 Å². The molecule has 1 saturated heterocycles. The quantitative estimate of drug-likeness (QED) is 0.813. The van der Waals surface area contributed by atoms with Crippen LogP contribution in [0.25, 0.3) is 0 Å². The van der Waals surface area contributed by atoms with Crippen molar-refractivity contribution in [2.75, 3.05) is 23.3 Å². The maximum Gasteiger partial charge on any atom is 0.252 e. The molecule has 0 bridgehead atoms. The molecule has 0 radical (unpaired) electrons. The summed E-state index contributed by atoms with van der Waals surface area (Å²) in [6.45, 7) is 2.65. The van der Waals surface area contributed by atoms with Gasteiger partial charge in [-0.15, -0.1) is 0 Å². The lowest BCUT2D eigenvalue weighted by molar-refractivity contribution is -0.138. The maximum atomic E-state index is 12.7. The molecule has 0 aromatic heterocycles. The molecule has 3 amide bonds. The van der Waals surface area contributed by atoms with Gasteiger partial charge in [0.05, 0.1) is 6.42 Å². The van der Waals surface area contributed by atoms with Crippen molar-refractivity contribution in [3.63, 3.8) is 0 Å². The zero-order valence-corrected chi connectivity index (χ0v) is 15.9. The lowest BCUT2D eigenvalue weighted by Gasteiger charge is -2.17. The van der Waals surface area contributed by atoms with Crippen LogP contribution < -0.4 is 10.2 Å². The standard InChI is InChI=1S/C22H23N3O3/c1-15(26)24-12-10-17-13-18(7-8-20(17)24)23-19-14-21(27)25(22(19)28)11-9-16-5-3-2-4-6-16/h2-8,13,19,23H,9-12,14H2,1H3. The molecule has 2 aromatic carbocycles. The van der Waals surface area contributed by atoms with Gasteiger partial charge in [0.25, 0.3) is 5.91 Å². The number of hydrogen-bond acceptors (Lipinski definition) is 4. The molecule has 2 aliphatic heterocycles. The molecule has 0 aliphatic carbocycles. The normalized spacial score (nSPS) is 18.5. The molecule has 1 fully saturated rings. The predicted molar refractivity (Wildman–Crippen MR) is 107 cm³/mol. The van der Waals surface area contributed by atoms with Crippen molar-refractivity contribution in [2.45, 2.75) is 32.2 Å². The Balaban J connectivity index is 1.41. The number of imide groups is 1. The molecule has 2 aromatic rings. The first-order valence-corrected chi connectivity index (χ1v) is 9.58. The van der Waals surface area contributed by atoms with Crippen LogP contribution in [-0.2, 0) is 27.2 Å². The van der Waals surface area contributed by atoms with Gasteiger partial charge in [0.2, 0.25) is 11.8 Å². The molecule has 6 nitrogen and oxygen atoms in total. The van der Waals surface area contributed by atoms with Crippen molar-refractivity contribution in [1.29, 1.82) is 0 Å². The monoisotopic (exact) mass is 377 g/mol. The topological polar surface area (TPSA) is 69.7 Å². The molecule has 6 heteroatoms. The second-order valence-corrected chi connectivity index (χ2v) is 7.28. The number of nitrogens with zero attached hydrogens (tertiary/aromatic N) is 2. The predicted octanol–water partition coefficient (Wildman–Crippen LogP) is 2.38. The van der Waals surface area contributed by atoms with Crippen molar-refractivity contribution >= 4 is 29.1 Å². The Morgan fingerprint density at radius 3 is 2.68 bits per heavy atom. The van der Waals surface area contributed by atoms with E-state index in [0.717, 1.165) is 28.9 Å². The van der Waals surface area contributed by atoms with E-state index in [1.807, 2.05) is 48.5 Å². The SMILES string of the molecule is CC(=O)N1CCc2cc(NC3CC(=O)N(CCc4ccccc4)C3=O)ccc21. The second kappa shape index (κ2) is 7.46. The fourth-order valence-electron chi connectivity index (χ4n) is 3.94. The van der Waals surface area contributed by atoms with Gasteiger partial charge in [0.1, 0.15) is 6.04 Å². The minimum absolute atomic E-state index is 0.0325. The molecule has 1 N–H and O–H groups in total. The number of likely N-dealkylation sites (tertiary alicyclic amines) is 1. The van der Waals surface area contributed by atoms with Crippen LogP contribution in [0.15, 0.2) is 48.5 Å². The Morgan fingerprint density at radius 1 is 1.14 bits per heavy atom. The van der Waals surface area contributed by atoms with Gasteiger partial charge >= 0.3 is 0 Å². The van der Waals surface area contributed by atoms with Gasteiger partial charge in [-0.3, -0.25) is 19.3 Å². The summed E-state index contributed by atoms with van der Waals surface area (Å²) in [7, 11) is 0. The van der Waals surface area contributed by atoms with Gasteiger partial charge in [-0.1, -0.05) is 30.3 Å². The van der Waals surface area contributed by atoms with Crippen LogP contribution in [0.1, 0.15) is 24.5 Å². The van der Waals surface area contributed by atoms with Crippen LogP contribution in [0.5, 0.6) is 0 Å². The zero-order valence-electron chi connectivity index (χ0n) is 15.9. The number of benzene rings is 2. The highest BCUT2D eigenvalue weighted by molar-refractivity contribution is 6.07. The van der Waals surface area contributed by atoms with E-state index in [0.29, 0.717) is 19.5 Å². The van der Waals surface area contributed by atoms with Crippen LogP contribution in [-0.4, -0.2) is 41.8 Å². The molecule has 2 heterocycles. The van der Waals surface area contributed by atoms with Gasteiger partial charge in [0.15, 0.2) is 0 Å². The Labute approximate surface area is 164 Å². The number of carbonyl (C=O) groups is 3. The number of amides is 3. The fourth-order valence-corrected chi connectivity index (χ4v) is 3.94. The summed E-state index contributed by atoms with van der Waals surface area (Å²) in [6, 6.07) is 15.1. The molecule has 1 unspecified atom stereocenters.